The minimum atomic E-state index is -0.0341. The smallest absolute Gasteiger partial charge is 0.321 e. The Kier molecular flexibility index (Phi) is 8.55. The number of nitrogens with one attached hydrogen (secondary N) is 1. The van der Waals surface area contributed by atoms with Gasteiger partial charge in [0.15, 0.2) is 0 Å². The number of benzene rings is 2. The van der Waals surface area contributed by atoms with Crippen LogP contribution in [0, 0.1) is 13.8 Å². The molecule has 1 aromatic heterocycles. The lowest BCUT2D eigenvalue weighted by Crippen LogP contribution is -2.50. The molecular formula is C31H41N5O2. The average molecular weight is 516 g/mol. The molecule has 1 aliphatic heterocycles. The minimum Gasteiger partial charge on any atom is -0.497 e. The van der Waals surface area contributed by atoms with Gasteiger partial charge in [-0.1, -0.05) is 58.0 Å². The van der Waals surface area contributed by atoms with E-state index in [1.807, 2.05) is 24.0 Å². The molecule has 4 rings (SSSR count). The summed E-state index contributed by atoms with van der Waals surface area (Å²) in [5, 5.41) is 3.27. The molecule has 38 heavy (non-hydrogen) atoms. The Morgan fingerprint density at radius 2 is 1.53 bits per heavy atom. The number of anilines is 2. The number of rotatable bonds is 7. The van der Waals surface area contributed by atoms with Gasteiger partial charge in [0.2, 0.25) is 0 Å². The predicted molar refractivity (Wildman–Crippen MR) is 155 cm³/mol. The van der Waals surface area contributed by atoms with Crippen molar-refractivity contribution < 1.29 is 9.53 Å². The first-order valence-electron chi connectivity index (χ1n) is 13.6. The number of para-hydroxylation sites is 1. The number of ether oxygens (including phenoxy) is 1. The summed E-state index contributed by atoms with van der Waals surface area (Å²) >= 11 is 0. The Hall–Kier alpha value is -3.61. The van der Waals surface area contributed by atoms with Crippen molar-refractivity contribution in [2.75, 3.05) is 43.5 Å². The summed E-state index contributed by atoms with van der Waals surface area (Å²) in [6.07, 6.45) is 0.746. The van der Waals surface area contributed by atoms with Crippen molar-refractivity contribution in [3.63, 3.8) is 0 Å². The van der Waals surface area contributed by atoms with Crippen LogP contribution in [0.5, 0.6) is 5.75 Å². The molecule has 0 unspecified atom stereocenters. The third kappa shape index (κ3) is 6.09. The Morgan fingerprint density at radius 3 is 2.08 bits per heavy atom. The first-order chi connectivity index (χ1) is 18.2. The van der Waals surface area contributed by atoms with Crippen molar-refractivity contribution in [3.8, 4) is 5.75 Å². The highest BCUT2D eigenvalue weighted by Gasteiger charge is 2.26. The van der Waals surface area contributed by atoms with Crippen molar-refractivity contribution in [1.29, 1.82) is 0 Å². The van der Waals surface area contributed by atoms with Crippen LogP contribution in [-0.4, -0.2) is 54.2 Å². The summed E-state index contributed by atoms with van der Waals surface area (Å²) in [6.45, 7) is 15.4. The van der Waals surface area contributed by atoms with E-state index in [-0.39, 0.29) is 6.03 Å². The molecule has 2 aromatic carbocycles. The third-order valence-corrected chi connectivity index (χ3v) is 7.32. The van der Waals surface area contributed by atoms with Gasteiger partial charge in [-0.25, -0.2) is 14.8 Å². The van der Waals surface area contributed by atoms with E-state index in [9.17, 15) is 4.79 Å². The Bertz CT molecular complexity index is 1240. The van der Waals surface area contributed by atoms with Crippen LogP contribution >= 0.6 is 0 Å². The Labute approximate surface area is 227 Å². The molecule has 7 nitrogen and oxygen atoms in total. The SMILES string of the molecule is COc1ccc(Cc2c(C)nc(C)nc2N2CCN(C(=O)Nc3c(C(C)C)cccc3C(C)C)CC2)cc1. The Morgan fingerprint density at radius 1 is 0.921 bits per heavy atom. The molecule has 0 atom stereocenters. The zero-order valence-corrected chi connectivity index (χ0v) is 23.8. The van der Waals surface area contributed by atoms with Gasteiger partial charge in [0.1, 0.15) is 17.4 Å². The van der Waals surface area contributed by atoms with Crippen LogP contribution in [0.15, 0.2) is 42.5 Å². The average Bonchev–Trinajstić information content (AvgIpc) is 2.90. The number of aryl methyl sites for hydroxylation is 2. The number of methoxy groups -OCH3 is 1. The van der Waals surface area contributed by atoms with Crippen LogP contribution in [0.1, 0.15) is 73.3 Å². The number of carbonyl (C=O) groups excluding carboxylic acids is 1. The summed E-state index contributed by atoms with van der Waals surface area (Å²) in [7, 11) is 1.68. The van der Waals surface area contributed by atoms with E-state index in [1.165, 1.54) is 16.7 Å². The topological polar surface area (TPSA) is 70.6 Å². The molecule has 1 saturated heterocycles. The van der Waals surface area contributed by atoms with Gasteiger partial charge in [-0.05, 0) is 54.5 Å². The molecule has 0 radical (unpaired) electrons. The number of hydrogen-bond acceptors (Lipinski definition) is 5. The maximum absolute atomic E-state index is 13.4. The molecule has 1 fully saturated rings. The van der Waals surface area contributed by atoms with Crippen molar-refractivity contribution in [2.24, 2.45) is 0 Å². The van der Waals surface area contributed by atoms with Crippen LogP contribution in [0.25, 0.3) is 0 Å². The summed E-state index contributed by atoms with van der Waals surface area (Å²) in [5.41, 5.74) is 6.64. The fourth-order valence-electron chi connectivity index (χ4n) is 5.14. The standard InChI is InChI=1S/C31H41N5O2/c1-20(2)26-9-8-10-27(21(3)4)29(26)34-31(37)36-17-15-35(16-18-36)30-28(22(5)32-23(6)33-30)19-24-11-13-25(38-7)14-12-24/h8-14,20-21H,15-19H2,1-7H3,(H,34,37). The number of aromatic nitrogens is 2. The minimum absolute atomic E-state index is 0.0341. The molecular weight excluding hydrogens is 474 g/mol. The molecule has 0 saturated carbocycles. The summed E-state index contributed by atoms with van der Waals surface area (Å²) < 4.78 is 5.31. The van der Waals surface area contributed by atoms with Crippen LogP contribution in [0.4, 0.5) is 16.3 Å². The first-order valence-corrected chi connectivity index (χ1v) is 13.6. The number of nitrogens with zero attached hydrogens (tertiary/aromatic N) is 4. The fourth-order valence-corrected chi connectivity index (χ4v) is 5.14. The van der Waals surface area contributed by atoms with Crippen molar-refractivity contribution in [3.05, 3.63) is 76.2 Å². The maximum Gasteiger partial charge on any atom is 0.321 e. The number of amides is 2. The number of urea groups is 1. The highest BCUT2D eigenvalue weighted by molar-refractivity contribution is 5.91. The summed E-state index contributed by atoms with van der Waals surface area (Å²) in [6, 6.07) is 14.4. The zero-order chi connectivity index (χ0) is 27.4. The lowest BCUT2D eigenvalue weighted by atomic mass is 9.93. The molecule has 2 amide bonds. The van der Waals surface area contributed by atoms with Gasteiger partial charge in [-0.2, -0.15) is 0 Å². The largest absolute Gasteiger partial charge is 0.497 e. The quantitative estimate of drug-likeness (QED) is 0.400. The molecule has 0 bridgehead atoms. The van der Waals surface area contributed by atoms with E-state index in [2.05, 4.69) is 80.2 Å². The van der Waals surface area contributed by atoms with Crippen LogP contribution < -0.4 is 15.0 Å². The highest BCUT2D eigenvalue weighted by atomic mass is 16.5. The van der Waals surface area contributed by atoms with Crippen LogP contribution in [-0.2, 0) is 6.42 Å². The van der Waals surface area contributed by atoms with E-state index in [0.29, 0.717) is 24.9 Å². The van der Waals surface area contributed by atoms with Crippen LogP contribution in [0.2, 0.25) is 0 Å². The van der Waals surface area contributed by atoms with Crippen molar-refractivity contribution in [1.82, 2.24) is 14.9 Å². The van der Waals surface area contributed by atoms with Gasteiger partial charge in [-0.15, -0.1) is 0 Å². The molecule has 2 heterocycles. The molecule has 1 N–H and O–H groups in total. The molecule has 3 aromatic rings. The van der Waals surface area contributed by atoms with E-state index in [0.717, 1.165) is 53.8 Å². The molecule has 202 valence electrons. The highest BCUT2D eigenvalue weighted by Crippen LogP contribution is 2.33. The van der Waals surface area contributed by atoms with Gasteiger partial charge < -0.3 is 19.9 Å². The first kappa shape index (κ1) is 27.4. The van der Waals surface area contributed by atoms with Crippen LogP contribution in [0.3, 0.4) is 0 Å². The Balaban J connectivity index is 1.49. The zero-order valence-electron chi connectivity index (χ0n) is 23.8. The predicted octanol–water partition coefficient (Wildman–Crippen LogP) is 6.29. The van der Waals surface area contributed by atoms with Crippen molar-refractivity contribution >= 4 is 17.5 Å². The second-order valence-electron chi connectivity index (χ2n) is 10.7. The summed E-state index contributed by atoms with van der Waals surface area (Å²) in [4.78, 5) is 27.1. The molecule has 7 heteroatoms. The van der Waals surface area contributed by atoms with Gasteiger partial charge in [0.25, 0.3) is 0 Å². The van der Waals surface area contributed by atoms with Gasteiger partial charge in [0.05, 0.1) is 7.11 Å². The number of hydrogen-bond donors (Lipinski definition) is 1. The maximum atomic E-state index is 13.4. The molecule has 0 spiro atoms. The second kappa shape index (κ2) is 11.8. The lowest BCUT2D eigenvalue weighted by molar-refractivity contribution is 0.208. The summed E-state index contributed by atoms with van der Waals surface area (Å²) in [5.74, 6) is 3.24. The van der Waals surface area contributed by atoms with Gasteiger partial charge in [0, 0.05) is 49.5 Å². The van der Waals surface area contributed by atoms with Crippen molar-refractivity contribution in [2.45, 2.75) is 59.8 Å². The normalized spacial score (nSPS) is 13.8. The van der Waals surface area contributed by atoms with E-state index < -0.39 is 0 Å². The monoisotopic (exact) mass is 515 g/mol. The fraction of sp³-hybridized carbons (Fsp3) is 0.452. The number of piperazine rings is 1. The molecule has 1 aliphatic rings. The lowest BCUT2D eigenvalue weighted by Gasteiger charge is -2.37. The van der Waals surface area contributed by atoms with E-state index in [1.54, 1.807) is 7.11 Å². The van der Waals surface area contributed by atoms with E-state index >= 15 is 0 Å². The molecule has 0 aliphatic carbocycles. The number of carbonyl (C=O) groups is 1. The second-order valence-corrected chi connectivity index (χ2v) is 10.7. The van der Waals surface area contributed by atoms with Gasteiger partial charge >= 0.3 is 6.03 Å². The van der Waals surface area contributed by atoms with Gasteiger partial charge in [-0.3, -0.25) is 0 Å². The van der Waals surface area contributed by atoms with E-state index in [4.69, 9.17) is 9.72 Å². The third-order valence-electron chi connectivity index (χ3n) is 7.32.